The number of nitrogen functional groups attached to an aromatic ring is 2. The van der Waals surface area contributed by atoms with Crippen LogP contribution in [0.2, 0.25) is 0 Å². The molecular weight excluding hydrogens is 222 g/mol. The maximum atomic E-state index is 5.81. The molecular formula is C15H19N3. The van der Waals surface area contributed by atoms with Gasteiger partial charge in [-0.25, -0.2) is 0 Å². The number of nitrogens with two attached hydrogens (primary N) is 2. The highest BCUT2D eigenvalue weighted by Gasteiger charge is 2.06. The van der Waals surface area contributed by atoms with E-state index in [-0.39, 0.29) is 0 Å². The summed E-state index contributed by atoms with van der Waals surface area (Å²) in [5, 5.41) is 3.39. The van der Waals surface area contributed by atoms with Crippen LogP contribution in [0.3, 0.4) is 0 Å². The summed E-state index contributed by atoms with van der Waals surface area (Å²) >= 11 is 0. The van der Waals surface area contributed by atoms with Crippen molar-refractivity contribution in [3.8, 4) is 0 Å². The van der Waals surface area contributed by atoms with Crippen molar-refractivity contribution in [1.29, 1.82) is 0 Å². The van der Waals surface area contributed by atoms with Crippen LogP contribution in [0.4, 0.5) is 22.7 Å². The minimum absolute atomic E-state index is 0.472. The SMILES string of the molecule is CC(C)c1ccccc1Nc1ccc(N)c(N)c1. The maximum Gasteiger partial charge on any atom is 0.0568 e. The zero-order valence-corrected chi connectivity index (χ0v) is 10.8. The second-order valence-electron chi connectivity index (χ2n) is 4.71. The van der Waals surface area contributed by atoms with Crippen molar-refractivity contribution >= 4 is 22.7 Å². The predicted octanol–water partition coefficient (Wildman–Crippen LogP) is 3.72. The Labute approximate surface area is 108 Å². The van der Waals surface area contributed by atoms with E-state index in [1.807, 2.05) is 24.3 Å². The summed E-state index contributed by atoms with van der Waals surface area (Å²) in [6.07, 6.45) is 0. The van der Waals surface area contributed by atoms with Crippen LogP contribution in [-0.2, 0) is 0 Å². The third-order valence-corrected chi connectivity index (χ3v) is 2.95. The quantitative estimate of drug-likeness (QED) is 0.718. The van der Waals surface area contributed by atoms with Gasteiger partial charge in [0, 0.05) is 11.4 Å². The Kier molecular flexibility index (Phi) is 3.42. The number of nitrogens with one attached hydrogen (secondary N) is 1. The van der Waals surface area contributed by atoms with Gasteiger partial charge in [0.1, 0.15) is 0 Å². The van der Waals surface area contributed by atoms with Crippen LogP contribution in [0.25, 0.3) is 0 Å². The summed E-state index contributed by atoms with van der Waals surface area (Å²) in [5.74, 6) is 0.472. The molecule has 0 aromatic heterocycles. The first kappa shape index (κ1) is 12.3. The molecule has 94 valence electrons. The molecule has 3 heteroatoms. The van der Waals surface area contributed by atoms with Crippen molar-refractivity contribution in [2.75, 3.05) is 16.8 Å². The fourth-order valence-electron chi connectivity index (χ4n) is 1.92. The van der Waals surface area contributed by atoms with E-state index in [0.29, 0.717) is 17.3 Å². The molecule has 0 saturated carbocycles. The molecule has 3 nitrogen and oxygen atoms in total. The summed E-state index contributed by atoms with van der Waals surface area (Å²) in [7, 11) is 0. The lowest BCUT2D eigenvalue weighted by molar-refractivity contribution is 0.869. The fraction of sp³-hybridized carbons (Fsp3) is 0.200. The average Bonchev–Trinajstić information content (AvgIpc) is 2.34. The number of rotatable bonds is 3. The number of anilines is 4. The molecule has 0 heterocycles. The largest absolute Gasteiger partial charge is 0.397 e. The molecule has 0 unspecified atom stereocenters. The zero-order valence-electron chi connectivity index (χ0n) is 10.8. The van der Waals surface area contributed by atoms with E-state index < -0.39 is 0 Å². The molecule has 2 rings (SSSR count). The third kappa shape index (κ3) is 2.56. The van der Waals surface area contributed by atoms with Gasteiger partial charge in [-0.2, -0.15) is 0 Å². The summed E-state index contributed by atoms with van der Waals surface area (Å²) in [4.78, 5) is 0. The Bertz CT molecular complexity index is 547. The summed E-state index contributed by atoms with van der Waals surface area (Å²) in [6.45, 7) is 4.36. The number of para-hydroxylation sites is 1. The predicted molar refractivity (Wildman–Crippen MR) is 79.1 cm³/mol. The normalized spacial score (nSPS) is 10.6. The second-order valence-corrected chi connectivity index (χ2v) is 4.71. The summed E-state index contributed by atoms with van der Waals surface area (Å²) < 4.78 is 0. The van der Waals surface area contributed by atoms with Gasteiger partial charge in [0.25, 0.3) is 0 Å². The lowest BCUT2D eigenvalue weighted by Crippen LogP contribution is -1.99. The summed E-state index contributed by atoms with van der Waals surface area (Å²) in [6, 6.07) is 13.9. The van der Waals surface area contributed by atoms with E-state index in [2.05, 4.69) is 37.4 Å². The second kappa shape index (κ2) is 5.00. The van der Waals surface area contributed by atoms with Gasteiger partial charge >= 0.3 is 0 Å². The first-order chi connectivity index (χ1) is 8.58. The van der Waals surface area contributed by atoms with Crippen LogP contribution in [-0.4, -0.2) is 0 Å². The van der Waals surface area contributed by atoms with E-state index in [9.17, 15) is 0 Å². The minimum Gasteiger partial charge on any atom is -0.397 e. The van der Waals surface area contributed by atoms with E-state index >= 15 is 0 Å². The van der Waals surface area contributed by atoms with Gasteiger partial charge in [0.05, 0.1) is 11.4 Å². The fourth-order valence-corrected chi connectivity index (χ4v) is 1.92. The number of hydrogen-bond donors (Lipinski definition) is 3. The van der Waals surface area contributed by atoms with E-state index in [0.717, 1.165) is 11.4 Å². The van der Waals surface area contributed by atoms with Crippen LogP contribution >= 0.6 is 0 Å². The van der Waals surface area contributed by atoms with Gasteiger partial charge in [-0.1, -0.05) is 32.0 Å². The topological polar surface area (TPSA) is 64.1 Å². The van der Waals surface area contributed by atoms with Crippen LogP contribution in [0.15, 0.2) is 42.5 Å². The lowest BCUT2D eigenvalue weighted by Gasteiger charge is -2.15. The molecule has 0 amide bonds. The van der Waals surface area contributed by atoms with Crippen molar-refractivity contribution in [2.45, 2.75) is 19.8 Å². The van der Waals surface area contributed by atoms with Crippen molar-refractivity contribution in [3.63, 3.8) is 0 Å². The van der Waals surface area contributed by atoms with Crippen molar-refractivity contribution in [3.05, 3.63) is 48.0 Å². The molecule has 0 aliphatic rings. The first-order valence-electron chi connectivity index (χ1n) is 6.09. The van der Waals surface area contributed by atoms with Gasteiger partial charge in [-0.05, 0) is 35.7 Å². The molecule has 2 aromatic carbocycles. The van der Waals surface area contributed by atoms with E-state index in [4.69, 9.17) is 11.5 Å². The maximum absolute atomic E-state index is 5.81. The molecule has 0 aliphatic heterocycles. The van der Waals surface area contributed by atoms with Crippen molar-refractivity contribution in [2.24, 2.45) is 0 Å². The molecule has 0 aliphatic carbocycles. The van der Waals surface area contributed by atoms with Gasteiger partial charge in [-0.15, -0.1) is 0 Å². The Morgan fingerprint density at radius 2 is 1.67 bits per heavy atom. The molecule has 0 spiro atoms. The lowest BCUT2D eigenvalue weighted by atomic mass is 10.0. The number of benzene rings is 2. The third-order valence-electron chi connectivity index (χ3n) is 2.95. The zero-order chi connectivity index (χ0) is 13.1. The van der Waals surface area contributed by atoms with Crippen LogP contribution in [0.5, 0.6) is 0 Å². The monoisotopic (exact) mass is 241 g/mol. The Morgan fingerprint density at radius 3 is 2.33 bits per heavy atom. The average molecular weight is 241 g/mol. The molecule has 2 aromatic rings. The summed E-state index contributed by atoms with van der Waals surface area (Å²) in [5.41, 5.74) is 16.1. The van der Waals surface area contributed by atoms with Crippen molar-refractivity contribution in [1.82, 2.24) is 0 Å². The number of hydrogen-bond acceptors (Lipinski definition) is 3. The standard InChI is InChI=1S/C15H19N3/c1-10(2)12-5-3-4-6-15(12)18-11-7-8-13(16)14(17)9-11/h3-10,18H,16-17H2,1-2H3. The Morgan fingerprint density at radius 1 is 0.944 bits per heavy atom. The van der Waals surface area contributed by atoms with Crippen molar-refractivity contribution < 1.29 is 0 Å². The first-order valence-corrected chi connectivity index (χ1v) is 6.09. The molecule has 0 saturated heterocycles. The van der Waals surface area contributed by atoms with Crippen LogP contribution in [0.1, 0.15) is 25.3 Å². The van der Waals surface area contributed by atoms with E-state index in [1.165, 1.54) is 5.56 Å². The van der Waals surface area contributed by atoms with Crippen LogP contribution in [0, 0.1) is 0 Å². The molecule has 5 N–H and O–H groups in total. The van der Waals surface area contributed by atoms with E-state index in [1.54, 1.807) is 0 Å². The Balaban J connectivity index is 2.31. The Hall–Kier alpha value is -2.16. The smallest absolute Gasteiger partial charge is 0.0568 e. The molecule has 0 fully saturated rings. The van der Waals surface area contributed by atoms with Gasteiger partial charge in [0.2, 0.25) is 0 Å². The van der Waals surface area contributed by atoms with Crippen LogP contribution < -0.4 is 16.8 Å². The van der Waals surface area contributed by atoms with Gasteiger partial charge in [-0.3, -0.25) is 0 Å². The van der Waals surface area contributed by atoms with Gasteiger partial charge in [0.15, 0.2) is 0 Å². The highest BCUT2D eigenvalue weighted by atomic mass is 14.9. The highest BCUT2D eigenvalue weighted by Crippen LogP contribution is 2.28. The molecule has 0 bridgehead atoms. The molecule has 18 heavy (non-hydrogen) atoms. The highest BCUT2D eigenvalue weighted by molar-refractivity contribution is 5.73. The molecule has 0 radical (unpaired) electrons. The van der Waals surface area contributed by atoms with Gasteiger partial charge < -0.3 is 16.8 Å². The molecule has 0 atom stereocenters. The minimum atomic E-state index is 0.472.